The van der Waals surface area contributed by atoms with E-state index < -0.39 is 16.9 Å². The van der Waals surface area contributed by atoms with Crippen molar-refractivity contribution in [2.75, 3.05) is 5.84 Å². The van der Waals surface area contributed by atoms with Gasteiger partial charge < -0.3 is 5.84 Å². The average molecular weight is 262 g/mol. The first-order valence-corrected chi connectivity index (χ1v) is 4.95. The van der Waals surface area contributed by atoms with E-state index in [-0.39, 0.29) is 10.5 Å². The van der Waals surface area contributed by atoms with Gasteiger partial charge in [-0.25, -0.2) is 0 Å². The number of nitrogen functional groups attached to an aromatic ring is 1. The first kappa shape index (κ1) is 11.8. The molecule has 2 N–H and O–H groups in total. The van der Waals surface area contributed by atoms with Crippen LogP contribution in [0.25, 0.3) is 11.3 Å². The fourth-order valence-electron chi connectivity index (χ4n) is 1.45. The molecule has 0 spiro atoms. The van der Waals surface area contributed by atoms with Crippen LogP contribution in [0.4, 0.5) is 13.2 Å². The Labute approximate surface area is 99.6 Å². The van der Waals surface area contributed by atoms with Crippen LogP contribution in [0.15, 0.2) is 30.3 Å². The molecule has 0 unspecified atom stereocenters. The van der Waals surface area contributed by atoms with E-state index in [2.05, 4.69) is 5.10 Å². The Hall–Kier alpha value is -1.69. The zero-order valence-corrected chi connectivity index (χ0v) is 9.13. The summed E-state index contributed by atoms with van der Waals surface area (Å²) in [4.78, 5) is 0.255. The van der Waals surface area contributed by atoms with Crippen LogP contribution in [0.2, 0.25) is 5.02 Å². The summed E-state index contributed by atoms with van der Waals surface area (Å²) in [6.07, 6.45) is -4.63. The van der Waals surface area contributed by atoms with E-state index in [4.69, 9.17) is 17.4 Å². The van der Waals surface area contributed by atoms with E-state index in [0.717, 1.165) is 0 Å². The number of hydrogen-bond acceptors (Lipinski definition) is 2. The molecule has 7 heteroatoms. The van der Waals surface area contributed by atoms with Crippen molar-refractivity contribution in [3.8, 4) is 11.3 Å². The maximum absolute atomic E-state index is 12.6. The molecule has 0 amide bonds. The van der Waals surface area contributed by atoms with E-state index in [1.807, 2.05) is 0 Å². The van der Waals surface area contributed by atoms with Gasteiger partial charge in [0.25, 0.3) is 0 Å². The number of nitrogens with two attached hydrogens (primary N) is 1. The summed E-state index contributed by atoms with van der Waals surface area (Å²) in [7, 11) is 0. The van der Waals surface area contributed by atoms with Gasteiger partial charge in [0.1, 0.15) is 10.7 Å². The van der Waals surface area contributed by atoms with Crippen molar-refractivity contribution in [2.45, 2.75) is 6.18 Å². The van der Waals surface area contributed by atoms with E-state index >= 15 is 0 Å². The summed E-state index contributed by atoms with van der Waals surface area (Å²) in [5, 5.41) is 3.10. The Morgan fingerprint density at radius 2 is 1.76 bits per heavy atom. The number of hydrogen-bond donors (Lipinski definition) is 1. The average Bonchev–Trinajstić information content (AvgIpc) is 2.54. The highest BCUT2D eigenvalue weighted by molar-refractivity contribution is 6.33. The summed E-state index contributed by atoms with van der Waals surface area (Å²) in [6, 6.07) is 8.30. The van der Waals surface area contributed by atoms with E-state index in [9.17, 15) is 13.2 Å². The normalized spacial score (nSPS) is 11.8. The van der Waals surface area contributed by atoms with Crippen LogP contribution >= 0.6 is 11.6 Å². The Bertz CT molecular complexity index is 534. The second-order valence-electron chi connectivity index (χ2n) is 3.32. The highest BCUT2D eigenvalue weighted by atomic mass is 35.5. The zero-order chi connectivity index (χ0) is 12.6. The molecule has 3 nitrogen and oxygen atoms in total. The third kappa shape index (κ3) is 2.08. The standard InChI is InChI=1S/C10H7ClF3N3/c11-7-8(6-4-2-1-3-5-6)16-17(15)9(7)10(12,13)14/h1-5H,15H2. The lowest BCUT2D eigenvalue weighted by Gasteiger charge is -2.05. The van der Waals surface area contributed by atoms with Gasteiger partial charge in [-0.1, -0.05) is 41.9 Å². The van der Waals surface area contributed by atoms with E-state index in [0.29, 0.717) is 5.56 Å². The Morgan fingerprint density at radius 1 is 1.18 bits per heavy atom. The van der Waals surface area contributed by atoms with Crippen molar-refractivity contribution in [2.24, 2.45) is 0 Å². The van der Waals surface area contributed by atoms with Gasteiger partial charge in [-0.3, -0.25) is 0 Å². The van der Waals surface area contributed by atoms with Crippen LogP contribution < -0.4 is 5.84 Å². The minimum absolute atomic E-state index is 0.0158. The second-order valence-corrected chi connectivity index (χ2v) is 3.70. The molecule has 1 heterocycles. The molecule has 1 aromatic carbocycles. The second kappa shape index (κ2) is 3.96. The van der Waals surface area contributed by atoms with Crippen LogP contribution in [0.1, 0.15) is 5.69 Å². The summed E-state index contributed by atoms with van der Waals surface area (Å²) in [5.41, 5.74) is -0.660. The van der Waals surface area contributed by atoms with Gasteiger partial charge in [0.15, 0.2) is 5.69 Å². The minimum Gasteiger partial charge on any atom is -0.323 e. The molecule has 0 saturated heterocycles. The molecule has 0 fully saturated rings. The van der Waals surface area contributed by atoms with Crippen molar-refractivity contribution in [3.05, 3.63) is 41.0 Å². The molecule has 2 rings (SSSR count). The molecule has 0 atom stereocenters. The molecule has 0 aliphatic carbocycles. The van der Waals surface area contributed by atoms with E-state index in [1.165, 1.54) is 0 Å². The van der Waals surface area contributed by atoms with Crippen molar-refractivity contribution < 1.29 is 13.2 Å². The van der Waals surface area contributed by atoms with Gasteiger partial charge >= 0.3 is 6.18 Å². The fraction of sp³-hybridized carbons (Fsp3) is 0.100. The van der Waals surface area contributed by atoms with Gasteiger partial charge in [0.05, 0.1) is 0 Å². The van der Waals surface area contributed by atoms with Crippen LogP contribution in [0, 0.1) is 0 Å². The minimum atomic E-state index is -4.63. The number of aromatic nitrogens is 2. The molecule has 1 aromatic heterocycles. The Kier molecular flexibility index (Phi) is 2.74. The summed E-state index contributed by atoms with van der Waals surface area (Å²) >= 11 is 5.67. The van der Waals surface area contributed by atoms with Crippen molar-refractivity contribution in [1.29, 1.82) is 0 Å². The largest absolute Gasteiger partial charge is 0.436 e. The lowest BCUT2D eigenvalue weighted by molar-refractivity contribution is -0.143. The molecule has 0 bridgehead atoms. The van der Waals surface area contributed by atoms with Crippen molar-refractivity contribution in [3.63, 3.8) is 0 Å². The third-order valence-electron chi connectivity index (χ3n) is 2.17. The summed E-state index contributed by atoms with van der Waals surface area (Å²) < 4.78 is 37.8. The van der Waals surface area contributed by atoms with Crippen LogP contribution in [0.5, 0.6) is 0 Å². The molecule has 0 aliphatic heterocycles. The van der Waals surface area contributed by atoms with Gasteiger partial charge in [0.2, 0.25) is 0 Å². The van der Waals surface area contributed by atoms with Crippen molar-refractivity contribution in [1.82, 2.24) is 9.89 Å². The monoisotopic (exact) mass is 261 g/mol. The molecule has 0 saturated carbocycles. The predicted octanol–water partition coefficient (Wildman–Crippen LogP) is 2.94. The van der Waals surface area contributed by atoms with Crippen LogP contribution in [-0.4, -0.2) is 9.89 Å². The summed E-state index contributed by atoms with van der Waals surface area (Å²) in [6.45, 7) is 0. The maximum atomic E-state index is 12.6. The summed E-state index contributed by atoms with van der Waals surface area (Å²) in [5.74, 6) is 5.17. The smallest absolute Gasteiger partial charge is 0.323 e. The first-order valence-electron chi connectivity index (χ1n) is 4.57. The maximum Gasteiger partial charge on any atom is 0.436 e. The van der Waals surface area contributed by atoms with Gasteiger partial charge in [-0.2, -0.15) is 23.1 Å². The van der Waals surface area contributed by atoms with Crippen LogP contribution in [-0.2, 0) is 6.18 Å². The first-order chi connectivity index (χ1) is 7.91. The number of halogens is 4. The highest BCUT2D eigenvalue weighted by Crippen LogP contribution is 2.38. The topological polar surface area (TPSA) is 43.8 Å². The molecule has 17 heavy (non-hydrogen) atoms. The Morgan fingerprint density at radius 3 is 2.24 bits per heavy atom. The van der Waals surface area contributed by atoms with Gasteiger partial charge in [0, 0.05) is 5.56 Å². The molecule has 0 radical (unpaired) electrons. The number of nitrogens with zero attached hydrogens (tertiary/aromatic N) is 2. The molecular weight excluding hydrogens is 255 g/mol. The number of benzene rings is 1. The molecule has 90 valence electrons. The van der Waals surface area contributed by atoms with Crippen molar-refractivity contribution >= 4 is 11.6 Å². The van der Waals surface area contributed by atoms with Gasteiger partial charge in [-0.05, 0) is 0 Å². The third-order valence-corrected chi connectivity index (χ3v) is 2.53. The molecule has 0 aliphatic rings. The van der Waals surface area contributed by atoms with Gasteiger partial charge in [-0.15, -0.1) is 0 Å². The highest BCUT2D eigenvalue weighted by Gasteiger charge is 2.39. The molecular formula is C10H7ClF3N3. The zero-order valence-electron chi connectivity index (χ0n) is 8.37. The quantitative estimate of drug-likeness (QED) is 0.802. The van der Waals surface area contributed by atoms with Crippen LogP contribution in [0.3, 0.4) is 0 Å². The van der Waals surface area contributed by atoms with E-state index in [1.54, 1.807) is 30.3 Å². The lowest BCUT2D eigenvalue weighted by atomic mass is 10.1. The Balaban J connectivity index is 2.60. The number of alkyl halides is 3. The predicted molar refractivity (Wildman–Crippen MR) is 57.8 cm³/mol. The number of rotatable bonds is 1. The molecule has 2 aromatic rings. The SMILES string of the molecule is Nn1nc(-c2ccccc2)c(Cl)c1C(F)(F)F. The lowest BCUT2D eigenvalue weighted by Crippen LogP contribution is -2.20. The fourth-order valence-corrected chi connectivity index (χ4v) is 1.79.